The highest BCUT2D eigenvalue weighted by Crippen LogP contribution is 2.31. The molecule has 1 aromatic rings. The maximum absolute atomic E-state index is 11.6. The third kappa shape index (κ3) is 1.09. The van der Waals surface area contributed by atoms with Crippen LogP contribution in [0.15, 0.2) is 6.07 Å². The smallest absolute Gasteiger partial charge is 0.347 e. The Hall–Kier alpha value is -2.24. The number of ether oxygens (including phenoxy) is 1. The van der Waals surface area contributed by atoms with Crippen LogP contribution < -0.4 is 0 Å². The molecule has 17 heavy (non-hydrogen) atoms. The van der Waals surface area contributed by atoms with Gasteiger partial charge in [0.15, 0.2) is 0 Å². The van der Waals surface area contributed by atoms with E-state index in [0.29, 0.717) is 5.56 Å². The Bertz CT molecular complexity index is 592. The average molecular weight is 227 g/mol. The van der Waals surface area contributed by atoms with E-state index in [1.165, 1.54) is 13.0 Å². The first-order chi connectivity index (χ1) is 8.00. The van der Waals surface area contributed by atoms with Gasteiger partial charge in [-0.2, -0.15) is 0 Å². The molecule has 0 amide bonds. The summed E-state index contributed by atoms with van der Waals surface area (Å²) in [6, 6.07) is 1.26. The van der Waals surface area contributed by atoms with Gasteiger partial charge in [-0.3, -0.25) is 0 Å². The van der Waals surface area contributed by atoms with Crippen molar-refractivity contribution in [2.24, 2.45) is 0 Å². The van der Waals surface area contributed by atoms with E-state index in [2.05, 4.69) is 4.74 Å². The van der Waals surface area contributed by atoms with E-state index >= 15 is 0 Å². The van der Waals surface area contributed by atoms with Crippen molar-refractivity contribution >= 4 is 30.6 Å². The first kappa shape index (κ1) is 9.95. The van der Waals surface area contributed by atoms with Crippen LogP contribution in [0.4, 0.5) is 0 Å². The number of cyclic esters (lactones) is 2. The van der Waals surface area contributed by atoms with E-state index in [1.54, 1.807) is 0 Å². The predicted molar refractivity (Wildman–Crippen MR) is 55.3 cm³/mol. The normalized spacial score (nSPS) is 16.8. The van der Waals surface area contributed by atoms with Gasteiger partial charge < -0.3 is 14.3 Å². The fourth-order valence-corrected chi connectivity index (χ4v) is 2.21. The summed E-state index contributed by atoms with van der Waals surface area (Å²) >= 11 is 0. The zero-order chi connectivity index (χ0) is 12.3. The largest absolute Gasteiger partial charge is 0.386 e. The predicted octanol–water partition coefficient (Wildman–Crippen LogP) is 0.304. The summed E-state index contributed by atoms with van der Waals surface area (Å²) in [7, 11) is 0.961. The van der Waals surface area contributed by atoms with Gasteiger partial charge in [-0.05, 0) is 18.6 Å². The number of hydrogen-bond acceptors (Lipinski definition) is 5. The Kier molecular flexibility index (Phi) is 1.70. The lowest BCUT2D eigenvalue weighted by atomic mass is 9.73. The van der Waals surface area contributed by atoms with E-state index in [0.717, 1.165) is 7.28 Å². The van der Waals surface area contributed by atoms with Gasteiger partial charge in [-0.25, -0.2) is 9.59 Å². The van der Waals surface area contributed by atoms with Gasteiger partial charge in [-0.1, -0.05) is 0 Å². The first-order valence-corrected chi connectivity index (χ1v) is 4.88. The molecule has 3 rings (SSSR count). The van der Waals surface area contributed by atoms with Crippen LogP contribution in [-0.4, -0.2) is 30.6 Å². The fourth-order valence-electron chi connectivity index (χ4n) is 2.21. The van der Waals surface area contributed by atoms with Crippen molar-refractivity contribution < 1.29 is 23.9 Å². The van der Waals surface area contributed by atoms with Crippen molar-refractivity contribution in [3.05, 3.63) is 33.9 Å². The zero-order valence-electron chi connectivity index (χ0n) is 8.70. The number of esters is 2. The molecule has 1 aromatic carbocycles. The lowest BCUT2D eigenvalue weighted by Gasteiger charge is -2.05. The van der Waals surface area contributed by atoms with Gasteiger partial charge in [0.25, 0.3) is 0 Å². The second-order valence-corrected chi connectivity index (χ2v) is 3.90. The third-order valence-electron chi connectivity index (χ3n) is 2.96. The monoisotopic (exact) mass is 227 g/mol. The van der Waals surface area contributed by atoms with Crippen molar-refractivity contribution in [1.29, 1.82) is 0 Å². The number of hydrogen-bond donors (Lipinski definition) is 0. The molecule has 0 bridgehead atoms. The van der Waals surface area contributed by atoms with E-state index in [1.807, 2.05) is 0 Å². The molecule has 6 heteroatoms. The van der Waals surface area contributed by atoms with Crippen molar-refractivity contribution in [2.45, 2.75) is 6.92 Å². The first-order valence-electron chi connectivity index (χ1n) is 4.88. The summed E-state index contributed by atoms with van der Waals surface area (Å²) < 4.78 is 4.45. The fraction of sp³-hybridized carbons (Fsp3) is 0.0909. The minimum atomic E-state index is -0.775. The summed E-state index contributed by atoms with van der Waals surface area (Å²) in [6.45, 7) is 1.53. The lowest BCUT2D eigenvalue weighted by molar-refractivity contribution is 0.0443. The standard InChI is InChI=1S/C11H4BO5/c1-3-6-4(8(13)12-9(6)14)2-5-7(3)11(16)17-10(5)15/h2H,1H3. The number of carbonyl (C=O) groups excluding carboxylic acids is 4. The number of fused-ring (bicyclic) bond motifs is 2. The SMILES string of the molecule is Cc1c2c(cc3c1C(=O)OC3=O)C(=O)[B]C2=O. The van der Waals surface area contributed by atoms with Gasteiger partial charge in [0, 0.05) is 11.1 Å². The molecular formula is C11H4BO5. The van der Waals surface area contributed by atoms with Crippen LogP contribution in [0.25, 0.3) is 0 Å². The number of rotatable bonds is 0. The van der Waals surface area contributed by atoms with E-state index in [9.17, 15) is 19.2 Å². The van der Waals surface area contributed by atoms with Gasteiger partial charge in [0.1, 0.15) is 11.4 Å². The number of carbonyl (C=O) groups is 4. The van der Waals surface area contributed by atoms with Crippen LogP contribution in [0.3, 0.4) is 0 Å². The summed E-state index contributed by atoms with van der Waals surface area (Å²) in [5, 5.41) is 0. The van der Waals surface area contributed by atoms with Crippen LogP contribution in [0.5, 0.6) is 0 Å². The van der Waals surface area contributed by atoms with E-state index in [-0.39, 0.29) is 22.3 Å². The molecular weight excluding hydrogens is 223 g/mol. The molecule has 5 nitrogen and oxygen atoms in total. The Morgan fingerprint density at radius 1 is 0.941 bits per heavy atom. The van der Waals surface area contributed by atoms with Gasteiger partial charge in [0.05, 0.1) is 11.1 Å². The second kappa shape index (κ2) is 2.91. The molecule has 2 aliphatic heterocycles. The van der Waals surface area contributed by atoms with Crippen molar-refractivity contribution in [3.8, 4) is 0 Å². The van der Waals surface area contributed by atoms with Crippen LogP contribution in [-0.2, 0) is 4.74 Å². The van der Waals surface area contributed by atoms with Crippen molar-refractivity contribution in [3.63, 3.8) is 0 Å². The molecule has 0 spiro atoms. The van der Waals surface area contributed by atoms with E-state index in [4.69, 9.17) is 0 Å². The molecule has 0 aromatic heterocycles. The molecule has 0 atom stereocenters. The average Bonchev–Trinajstić information content (AvgIpc) is 2.68. The van der Waals surface area contributed by atoms with E-state index < -0.39 is 23.3 Å². The highest BCUT2D eigenvalue weighted by molar-refractivity contribution is 7.04. The number of benzene rings is 1. The van der Waals surface area contributed by atoms with Gasteiger partial charge >= 0.3 is 19.2 Å². The van der Waals surface area contributed by atoms with Crippen LogP contribution in [0, 0.1) is 6.92 Å². The van der Waals surface area contributed by atoms with Crippen LogP contribution in [0.2, 0.25) is 0 Å². The third-order valence-corrected chi connectivity index (χ3v) is 2.96. The molecule has 2 heterocycles. The highest BCUT2D eigenvalue weighted by Gasteiger charge is 2.39. The molecule has 0 saturated heterocycles. The quantitative estimate of drug-likeness (QED) is 0.362. The minimum absolute atomic E-state index is 0.0581. The summed E-state index contributed by atoms with van der Waals surface area (Å²) in [4.78, 5) is 45.9. The Morgan fingerprint density at radius 2 is 1.65 bits per heavy atom. The molecule has 0 aliphatic carbocycles. The summed E-state index contributed by atoms with van der Waals surface area (Å²) in [5.74, 6) is -1.54. The molecule has 0 N–H and O–H groups in total. The summed E-state index contributed by atoms with van der Waals surface area (Å²) in [6.07, 6.45) is 0. The lowest BCUT2D eigenvalue weighted by Crippen LogP contribution is -2.08. The maximum Gasteiger partial charge on any atom is 0.347 e. The summed E-state index contributed by atoms with van der Waals surface area (Å²) in [5.41, 5.74) is -0.0350. The molecule has 0 fully saturated rings. The second-order valence-electron chi connectivity index (χ2n) is 3.90. The molecule has 1 radical (unpaired) electrons. The van der Waals surface area contributed by atoms with Gasteiger partial charge in [0.2, 0.25) is 0 Å². The van der Waals surface area contributed by atoms with Crippen molar-refractivity contribution in [1.82, 2.24) is 0 Å². The van der Waals surface area contributed by atoms with Gasteiger partial charge in [-0.15, -0.1) is 0 Å². The van der Waals surface area contributed by atoms with Crippen LogP contribution >= 0.6 is 0 Å². The van der Waals surface area contributed by atoms with Crippen LogP contribution in [0.1, 0.15) is 47.0 Å². The highest BCUT2D eigenvalue weighted by atomic mass is 16.6. The zero-order valence-corrected chi connectivity index (χ0v) is 8.70. The molecule has 0 unspecified atom stereocenters. The maximum atomic E-state index is 11.6. The van der Waals surface area contributed by atoms with Crippen molar-refractivity contribution in [2.75, 3.05) is 0 Å². The Morgan fingerprint density at radius 3 is 2.35 bits per heavy atom. The minimum Gasteiger partial charge on any atom is -0.386 e. The Labute approximate surface area is 96.0 Å². The molecule has 0 saturated carbocycles. The molecule has 2 aliphatic rings. The Balaban J connectivity index is 2.42. The molecule has 81 valence electrons. The topological polar surface area (TPSA) is 77.5 Å².